The fraction of sp³-hybridized carbons (Fsp3) is 0.250. The molecule has 1 aromatic carbocycles. The first-order valence-corrected chi connectivity index (χ1v) is 9.23. The normalized spacial score (nSPS) is 10.7. The van der Waals surface area contributed by atoms with Gasteiger partial charge in [-0.05, 0) is 51.1 Å². The molecule has 0 aliphatic rings. The third-order valence-electron chi connectivity index (χ3n) is 4.08. The molecule has 0 saturated carbocycles. The number of hydrogen-bond acceptors (Lipinski definition) is 4. The van der Waals surface area contributed by atoms with E-state index < -0.39 is 0 Å². The Kier molecular flexibility index (Phi) is 5.24. The van der Waals surface area contributed by atoms with Crippen LogP contribution in [0.15, 0.2) is 48.4 Å². The molecule has 0 bridgehead atoms. The van der Waals surface area contributed by atoms with Crippen LogP contribution in [0, 0.1) is 13.8 Å². The molecule has 25 heavy (non-hydrogen) atoms. The molecule has 0 aliphatic heterocycles. The van der Waals surface area contributed by atoms with Gasteiger partial charge in [0.05, 0.1) is 12.3 Å². The second kappa shape index (κ2) is 7.57. The molecule has 4 nitrogen and oxygen atoms in total. The van der Waals surface area contributed by atoms with Gasteiger partial charge in [0.1, 0.15) is 5.75 Å². The Bertz CT molecular complexity index is 862. The van der Waals surface area contributed by atoms with Gasteiger partial charge in [0, 0.05) is 34.6 Å². The maximum absolute atomic E-state index is 5.47. The molecule has 5 heteroatoms. The molecule has 0 amide bonds. The van der Waals surface area contributed by atoms with Gasteiger partial charge >= 0.3 is 0 Å². The molecule has 0 aliphatic carbocycles. The Hall–Kier alpha value is -2.53. The second-order valence-corrected chi connectivity index (χ2v) is 6.66. The van der Waals surface area contributed by atoms with E-state index in [1.165, 1.54) is 17.0 Å². The van der Waals surface area contributed by atoms with Crippen molar-refractivity contribution in [1.82, 2.24) is 9.55 Å². The van der Waals surface area contributed by atoms with E-state index >= 15 is 0 Å². The lowest BCUT2D eigenvalue weighted by Gasteiger charge is -2.06. The minimum atomic E-state index is 0.673. The maximum Gasteiger partial charge on any atom is 0.187 e. The summed E-state index contributed by atoms with van der Waals surface area (Å²) in [5, 5.41) is 6.33. The molecular formula is C20H23N3OS. The summed E-state index contributed by atoms with van der Waals surface area (Å²) in [5.74, 6) is 0.877. The molecule has 0 unspecified atom stereocenters. The van der Waals surface area contributed by atoms with E-state index in [1.807, 2.05) is 37.3 Å². The van der Waals surface area contributed by atoms with Crippen molar-refractivity contribution in [2.45, 2.75) is 27.3 Å². The van der Waals surface area contributed by atoms with Crippen LogP contribution in [0.1, 0.15) is 18.3 Å². The van der Waals surface area contributed by atoms with Gasteiger partial charge in [-0.2, -0.15) is 0 Å². The van der Waals surface area contributed by atoms with Gasteiger partial charge in [0.25, 0.3) is 0 Å². The number of hydrogen-bond donors (Lipinski definition) is 1. The number of rotatable bonds is 7. The highest BCUT2D eigenvalue weighted by molar-refractivity contribution is 7.14. The summed E-state index contributed by atoms with van der Waals surface area (Å²) in [6.45, 7) is 11.6. The highest BCUT2D eigenvalue weighted by Gasteiger charge is 2.13. The highest BCUT2D eigenvalue weighted by atomic mass is 32.1. The Morgan fingerprint density at radius 2 is 2.04 bits per heavy atom. The summed E-state index contributed by atoms with van der Waals surface area (Å²) < 4.78 is 7.72. The van der Waals surface area contributed by atoms with Crippen molar-refractivity contribution < 1.29 is 4.74 Å². The van der Waals surface area contributed by atoms with E-state index in [-0.39, 0.29) is 0 Å². The van der Waals surface area contributed by atoms with Gasteiger partial charge in [-0.15, -0.1) is 17.9 Å². The van der Waals surface area contributed by atoms with E-state index in [0.29, 0.717) is 6.61 Å². The number of anilines is 2. The Morgan fingerprint density at radius 1 is 1.28 bits per heavy atom. The third-order valence-corrected chi connectivity index (χ3v) is 4.84. The van der Waals surface area contributed by atoms with Crippen LogP contribution in [-0.4, -0.2) is 16.2 Å². The largest absolute Gasteiger partial charge is 0.494 e. The summed E-state index contributed by atoms with van der Waals surface area (Å²) in [4.78, 5) is 4.75. The molecule has 0 fully saturated rings. The predicted octanol–water partition coefficient (Wildman–Crippen LogP) is 5.56. The van der Waals surface area contributed by atoms with Gasteiger partial charge in [-0.3, -0.25) is 0 Å². The van der Waals surface area contributed by atoms with E-state index in [0.717, 1.165) is 28.8 Å². The number of allylic oxidation sites excluding steroid dienone is 1. The van der Waals surface area contributed by atoms with Crippen LogP contribution < -0.4 is 10.1 Å². The van der Waals surface area contributed by atoms with Crippen LogP contribution in [0.5, 0.6) is 5.75 Å². The standard InChI is InChI=1S/C20H23N3OS/c1-5-11-23-14(3)12-18(15(23)4)19-13-25-20(22-19)21-16-7-9-17(10-8-16)24-6-2/h5,7-10,12-13H,1,6,11H2,2-4H3,(H,21,22). The molecule has 1 N–H and O–H groups in total. The van der Waals surface area contributed by atoms with Gasteiger partial charge < -0.3 is 14.6 Å². The number of ether oxygens (including phenoxy) is 1. The minimum Gasteiger partial charge on any atom is -0.494 e. The van der Waals surface area contributed by atoms with Gasteiger partial charge in [0.2, 0.25) is 0 Å². The van der Waals surface area contributed by atoms with Crippen molar-refractivity contribution in [2.24, 2.45) is 0 Å². The predicted molar refractivity (Wildman–Crippen MR) is 106 cm³/mol. The highest BCUT2D eigenvalue weighted by Crippen LogP contribution is 2.31. The fourth-order valence-corrected chi connectivity index (χ4v) is 3.58. The van der Waals surface area contributed by atoms with Crippen LogP contribution in [0.3, 0.4) is 0 Å². The van der Waals surface area contributed by atoms with Crippen molar-refractivity contribution in [3.63, 3.8) is 0 Å². The molecule has 3 aromatic rings. The summed E-state index contributed by atoms with van der Waals surface area (Å²) in [7, 11) is 0. The number of benzene rings is 1. The van der Waals surface area contributed by atoms with E-state index in [4.69, 9.17) is 9.72 Å². The van der Waals surface area contributed by atoms with E-state index in [1.54, 1.807) is 11.3 Å². The number of nitrogens with one attached hydrogen (secondary N) is 1. The van der Waals surface area contributed by atoms with E-state index in [2.05, 4.69) is 41.8 Å². The monoisotopic (exact) mass is 353 g/mol. The molecule has 0 saturated heterocycles. The average molecular weight is 353 g/mol. The van der Waals surface area contributed by atoms with Crippen LogP contribution in [-0.2, 0) is 6.54 Å². The third kappa shape index (κ3) is 3.77. The lowest BCUT2D eigenvalue weighted by Crippen LogP contribution is -1.99. The average Bonchev–Trinajstić information content (AvgIpc) is 3.17. The first-order valence-electron chi connectivity index (χ1n) is 8.35. The van der Waals surface area contributed by atoms with Crippen molar-refractivity contribution >= 4 is 22.2 Å². The van der Waals surface area contributed by atoms with Gasteiger partial charge in [-0.25, -0.2) is 4.98 Å². The summed E-state index contributed by atoms with van der Waals surface area (Å²) in [5.41, 5.74) is 5.62. The maximum atomic E-state index is 5.47. The summed E-state index contributed by atoms with van der Waals surface area (Å²) >= 11 is 1.61. The Labute approximate surface area is 152 Å². The van der Waals surface area contributed by atoms with E-state index in [9.17, 15) is 0 Å². The lowest BCUT2D eigenvalue weighted by molar-refractivity contribution is 0.340. The Morgan fingerprint density at radius 3 is 2.72 bits per heavy atom. The summed E-state index contributed by atoms with van der Waals surface area (Å²) in [6, 6.07) is 10.1. The molecule has 3 rings (SSSR count). The second-order valence-electron chi connectivity index (χ2n) is 5.80. The minimum absolute atomic E-state index is 0.673. The van der Waals surface area contributed by atoms with Crippen molar-refractivity contribution in [3.05, 3.63) is 59.8 Å². The number of nitrogens with zero attached hydrogens (tertiary/aromatic N) is 2. The molecular weight excluding hydrogens is 330 g/mol. The molecule has 0 radical (unpaired) electrons. The smallest absolute Gasteiger partial charge is 0.187 e. The zero-order chi connectivity index (χ0) is 17.8. The van der Waals surface area contributed by atoms with Crippen molar-refractivity contribution in [3.8, 4) is 17.0 Å². The quantitative estimate of drug-likeness (QED) is 0.565. The molecule has 2 aromatic heterocycles. The van der Waals surface area contributed by atoms with Crippen LogP contribution in [0.4, 0.5) is 10.8 Å². The summed E-state index contributed by atoms with van der Waals surface area (Å²) in [6.07, 6.45) is 1.92. The SMILES string of the molecule is C=CCn1c(C)cc(-c2csc(Nc3ccc(OCC)cc3)n2)c1C. The first kappa shape index (κ1) is 17.3. The topological polar surface area (TPSA) is 39.1 Å². The zero-order valence-corrected chi connectivity index (χ0v) is 15.7. The van der Waals surface area contributed by atoms with Crippen LogP contribution in [0.2, 0.25) is 0 Å². The molecule has 130 valence electrons. The molecule has 2 heterocycles. The number of thiazole rings is 1. The van der Waals surface area contributed by atoms with Gasteiger partial charge in [0.15, 0.2) is 5.13 Å². The molecule has 0 atom stereocenters. The molecule has 0 spiro atoms. The van der Waals surface area contributed by atoms with Crippen molar-refractivity contribution in [2.75, 3.05) is 11.9 Å². The first-order chi connectivity index (χ1) is 12.1. The fourth-order valence-electron chi connectivity index (χ4n) is 2.85. The zero-order valence-electron chi connectivity index (χ0n) is 14.9. The van der Waals surface area contributed by atoms with Crippen LogP contribution >= 0.6 is 11.3 Å². The Balaban J connectivity index is 1.78. The van der Waals surface area contributed by atoms with Crippen LogP contribution in [0.25, 0.3) is 11.3 Å². The van der Waals surface area contributed by atoms with Gasteiger partial charge in [-0.1, -0.05) is 6.08 Å². The number of aryl methyl sites for hydroxylation is 1. The number of aromatic nitrogens is 2. The van der Waals surface area contributed by atoms with Crippen molar-refractivity contribution in [1.29, 1.82) is 0 Å². The lowest BCUT2D eigenvalue weighted by atomic mass is 10.2.